The quantitative estimate of drug-likeness (QED) is 0.169. The number of rotatable bonds is 5. The van der Waals surface area contributed by atoms with Crippen LogP contribution in [0.15, 0.2) is 237 Å². The summed E-state index contributed by atoms with van der Waals surface area (Å²) in [6, 6.07) is 87.4. The highest BCUT2D eigenvalue weighted by Gasteiger charge is 2.49. The topological polar surface area (TPSA) is 3.24 Å². The van der Waals surface area contributed by atoms with Gasteiger partial charge >= 0.3 is 0 Å². The zero-order valence-corrected chi connectivity index (χ0v) is 33.0. The first-order chi connectivity index (χ1) is 29.8. The van der Waals surface area contributed by atoms with Gasteiger partial charge in [0.1, 0.15) is 0 Å². The van der Waals surface area contributed by atoms with Crippen LogP contribution in [0.2, 0.25) is 0 Å². The van der Waals surface area contributed by atoms with Crippen LogP contribution in [0.4, 0.5) is 17.1 Å². The second-order valence-corrected chi connectivity index (χ2v) is 16.0. The summed E-state index contributed by atoms with van der Waals surface area (Å²) >= 11 is 0. The largest absolute Gasteiger partial charge is 0.310 e. The second kappa shape index (κ2) is 13.7. The molecule has 0 saturated heterocycles. The molecule has 60 heavy (non-hydrogen) atoms. The van der Waals surface area contributed by atoms with Crippen molar-refractivity contribution in [3.8, 4) is 55.6 Å². The lowest BCUT2D eigenvalue weighted by molar-refractivity contribution is 0.775. The maximum atomic E-state index is 2.48. The van der Waals surface area contributed by atoms with E-state index in [1.807, 2.05) is 0 Å². The lowest BCUT2D eigenvalue weighted by Gasteiger charge is -2.35. The number of fused-ring (bicyclic) bond motifs is 13. The van der Waals surface area contributed by atoms with Crippen molar-refractivity contribution in [2.45, 2.75) is 5.41 Å². The van der Waals surface area contributed by atoms with Crippen LogP contribution in [0.3, 0.4) is 0 Å². The van der Waals surface area contributed by atoms with Gasteiger partial charge in [-0.1, -0.05) is 200 Å². The van der Waals surface area contributed by atoms with E-state index in [0.717, 1.165) is 17.1 Å². The smallest absolute Gasteiger partial charge is 0.0725 e. The van der Waals surface area contributed by atoms with Gasteiger partial charge in [0.05, 0.1) is 11.1 Å². The average molecular weight is 762 g/mol. The number of anilines is 3. The summed E-state index contributed by atoms with van der Waals surface area (Å²) < 4.78 is 0. The molecule has 0 aromatic heterocycles. The normalized spacial score (nSPS) is 12.8. The summed E-state index contributed by atoms with van der Waals surface area (Å²) in [5, 5.41) is 2.43. The summed E-state index contributed by atoms with van der Waals surface area (Å²) in [7, 11) is 0. The van der Waals surface area contributed by atoms with Crippen LogP contribution in [0.5, 0.6) is 0 Å². The monoisotopic (exact) mass is 761 g/mol. The van der Waals surface area contributed by atoms with Gasteiger partial charge in [-0.2, -0.15) is 0 Å². The molecular weight excluding hydrogens is 723 g/mol. The van der Waals surface area contributed by atoms with Crippen LogP contribution in [0.1, 0.15) is 22.3 Å². The van der Waals surface area contributed by atoms with Crippen molar-refractivity contribution in [2.75, 3.05) is 4.90 Å². The molecule has 280 valence electrons. The van der Waals surface area contributed by atoms with Gasteiger partial charge in [-0.05, 0) is 120 Å². The molecule has 0 amide bonds. The van der Waals surface area contributed by atoms with Gasteiger partial charge in [0, 0.05) is 16.8 Å². The number of hydrogen-bond donors (Lipinski definition) is 0. The van der Waals surface area contributed by atoms with Crippen molar-refractivity contribution in [1.82, 2.24) is 0 Å². The third-order valence-corrected chi connectivity index (χ3v) is 12.9. The molecule has 2 aliphatic rings. The van der Waals surface area contributed by atoms with Gasteiger partial charge in [-0.15, -0.1) is 0 Å². The molecule has 0 atom stereocenters. The van der Waals surface area contributed by atoms with E-state index in [2.05, 4.69) is 241 Å². The van der Waals surface area contributed by atoms with Crippen molar-refractivity contribution in [1.29, 1.82) is 0 Å². The Kier molecular flexibility index (Phi) is 7.83. The Morgan fingerprint density at radius 2 is 0.683 bits per heavy atom. The molecule has 0 saturated carbocycles. The Labute approximate surface area is 351 Å². The Bertz CT molecular complexity index is 3180. The molecular formula is C59H39N. The maximum absolute atomic E-state index is 2.48. The summed E-state index contributed by atoms with van der Waals surface area (Å²) in [5.74, 6) is 0. The zero-order valence-electron chi connectivity index (χ0n) is 33.0. The molecule has 10 aromatic rings. The fourth-order valence-electron chi connectivity index (χ4n) is 10.3. The second-order valence-electron chi connectivity index (χ2n) is 16.0. The maximum Gasteiger partial charge on any atom is 0.0725 e. The molecule has 1 spiro atoms. The van der Waals surface area contributed by atoms with Crippen LogP contribution in [-0.2, 0) is 5.41 Å². The van der Waals surface area contributed by atoms with Crippen molar-refractivity contribution >= 4 is 27.8 Å². The van der Waals surface area contributed by atoms with Crippen LogP contribution >= 0.6 is 0 Å². The van der Waals surface area contributed by atoms with E-state index in [-0.39, 0.29) is 0 Å². The van der Waals surface area contributed by atoms with Gasteiger partial charge < -0.3 is 4.90 Å². The van der Waals surface area contributed by atoms with Gasteiger partial charge in [0.2, 0.25) is 0 Å². The van der Waals surface area contributed by atoms with Gasteiger partial charge in [0.15, 0.2) is 0 Å². The van der Waals surface area contributed by atoms with E-state index in [9.17, 15) is 0 Å². The molecule has 1 nitrogen and oxygen atoms in total. The number of hydrogen-bond acceptors (Lipinski definition) is 1. The van der Waals surface area contributed by atoms with Crippen molar-refractivity contribution in [3.05, 3.63) is 259 Å². The van der Waals surface area contributed by atoms with E-state index in [0.29, 0.717) is 0 Å². The zero-order chi connectivity index (χ0) is 39.6. The lowest BCUT2D eigenvalue weighted by atomic mass is 9.65. The van der Waals surface area contributed by atoms with Crippen LogP contribution < -0.4 is 4.90 Å². The highest BCUT2D eigenvalue weighted by molar-refractivity contribution is 6.00. The van der Waals surface area contributed by atoms with Crippen LogP contribution in [-0.4, -0.2) is 0 Å². The Hall–Kier alpha value is -7.74. The SMILES string of the molecule is c1ccc(-c2ccc(N(c3ccc(-c4ccc5c(c4)C4(c6ccccc6-c6ccccc6-c6ccccc64)c4ccccc4-5)cc3)c3cccc4ccccc34)cc2)cc1. The molecule has 2 aliphatic carbocycles. The minimum atomic E-state index is -0.509. The van der Waals surface area contributed by atoms with Crippen LogP contribution in [0, 0.1) is 0 Å². The van der Waals surface area contributed by atoms with E-state index in [1.165, 1.54) is 88.7 Å². The van der Waals surface area contributed by atoms with Crippen molar-refractivity contribution in [3.63, 3.8) is 0 Å². The Morgan fingerprint density at radius 3 is 1.28 bits per heavy atom. The first-order valence-corrected chi connectivity index (χ1v) is 20.8. The fourth-order valence-corrected chi connectivity index (χ4v) is 10.3. The third kappa shape index (κ3) is 5.13. The first kappa shape index (κ1) is 34.3. The van der Waals surface area contributed by atoms with Gasteiger partial charge in [0.25, 0.3) is 0 Å². The highest BCUT2D eigenvalue weighted by Crippen LogP contribution is 2.61. The minimum Gasteiger partial charge on any atom is -0.310 e. The van der Waals surface area contributed by atoms with Gasteiger partial charge in [-0.3, -0.25) is 0 Å². The summed E-state index contributed by atoms with van der Waals surface area (Å²) in [5.41, 5.74) is 20.7. The molecule has 12 rings (SSSR count). The molecule has 0 bridgehead atoms. The molecule has 0 N–H and O–H groups in total. The number of benzene rings is 10. The summed E-state index contributed by atoms with van der Waals surface area (Å²) in [4.78, 5) is 2.40. The molecule has 0 radical (unpaired) electrons. The molecule has 0 fully saturated rings. The summed E-state index contributed by atoms with van der Waals surface area (Å²) in [6.07, 6.45) is 0. The molecule has 0 aliphatic heterocycles. The van der Waals surface area contributed by atoms with E-state index < -0.39 is 5.41 Å². The predicted molar refractivity (Wildman–Crippen MR) is 251 cm³/mol. The standard InChI is InChI=1S/C59H39N/c1-2-15-40(16-3-1)41-29-34-45(35-30-41)60(58-28-14-18-43-17-4-5-19-47(43)58)46-36-31-42(32-37-46)44-33-38-53-52-24-10-13-27-56(52)59(57(53)39-44)54-25-11-8-22-50(54)48-20-6-7-21-49(48)51-23-9-12-26-55(51)59/h1-39H. The van der Waals surface area contributed by atoms with Gasteiger partial charge in [-0.25, -0.2) is 0 Å². The molecule has 0 unspecified atom stereocenters. The Balaban J connectivity index is 1.02. The van der Waals surface area contributed by atoms with Crippen molar-refractivity contribution < 1.29 is 0 Å². The number of nitrogens with zero attached hydrogens (tertiary/aromatic N) is 1. The summed E-state index contributed by atoms with van der Waals surface area (Å²) in [6.45, 7) is 0. The highest BCUT2D eigenvalue weighted by atomic mass is 15.1. The van der Waals surface area contributed by atoms with Crippen LogP contribution in [0.25, 0.3) is 66.4 Å². The molecule has 1 heteroatoms. The lowest BCUT2D eigenvalue weighted by Crippen LogP contribution is -2.29. The van der Waals surface area contributed by atoms with Crippen molar-refractivity contribution in [2.24, 2.45) is 0 Å². The molecule has 0 heterocycles. The predicted octanol–water partition coefficient (Wildman–Crippen LogP) is 15.7. The Morgan fingerprint density at radius 1 is 0.267 bits per heavy atom. The fraction of sp³-hybridized carbons (Fsp3) is 0.0169. The van der Waals surface area contributed by atoms with E-state index >= 15 is 0 Å². The molecule has 10 aromatic carbocycles. The van der Waals surface area contributed by atoms with E-state index in [4.69, 9.17) is 0 Å². The minimum absolute atomic E-state index is 0.509. The average Bonchev–Trinajstić information content (AvgIpc) is 3.56. The van der Waals surface area contributed by atoms with E-state index in [1.54, 1.807) is 0 Å². The first-order valence-electron chi connectivity index (χ1n) is 20.8. The third-order valence-electron chi connectivity index (χ3n) is 12.9.